The van der Waals surface area contributed by atoms with Gasteiger partial charge in [-0.3, -0.25) is 9.48 Å². The summed E-state index contributed by atoms with van der Waals surface area (Å²) in [6, 6.07) is 16.5. The highest BCUT2D eigenvalue weighted by atomic mass is 16.5. The number of amides is 2. The summed E-state index contributed by atoms with van der Waals surface area (Å²) in [5.41, 5.74) is 3.49. The fraction of sp³-hybridized carbons (Fsp3) is 0.308. The summed E-state index contributed by atoms with van der Waals surface area (Å²) in [7, 11) is 1.64. The first-order chi connectivity index (χ1) is 16.9. The molecule has 0 saturated heterocycles. The predicted molar refractivity (Wildman–Crippen MR) is 127 cm³/mol. The molecule has 0 bridgehead atoms. The zero-order valence-electron chi connectivity index (χ0n) is 19.2. The third-order valence-electron chi connectivity index (χ3n) is 7.00. The normalized spacial score (nSPS) is 16.4. The summed E-state index contributed by atoms with van der Waals surface area (Å²) in [6.45, 7) is 0.0959. The Kier molecular flexibility index (Phi) is 5.76. The van der Waals surface area contributed by atoms with E-state index < -0.39 is 29.6 Å². The Morgan fingerprint density at radius 3 is 2.23 bits per heavy atom. The van der Waals surface area contributed by atoms with E-state index in [1.165, 1.54) is 10.9 Å². The van der Waals surface area contributed by atoms with Gasteiger partial charge < -0.3 is 20.5 Å². The van der Waals surface area contributed by atoms with Gasteiger partial charge in [0.25, 0.3) is 0 Å². The SMILES string of the molecule is Cn1nccc1C(NC(=O)OCC1c2ccccc2-c2ccccc21)C(=O)NC1(C(=O)O)CCC1. The number of alkyl carbamates (subject to hydrolysis) is 1. The molecule has 2 aliphatic rings. The zero-order chi connectivity index (χ0) is 24.6. The Hall–Kier alpha value is -4.14. The maximum Gasteiger partial charge on any atom is 0.408 e. The number of carboxylic acids is 1. The van der Waals surface area contributed by atoms with Gasteiger partial charge >= 0.3 is 12.1 Å². The molecule has 0 radical (unpaired) electrons. The van der Waals surface area contributed by atoms with Gasteiger partial charge in [-0.05, 0) is 47.6 Å². The zero-order valence-corrected chi connectivity index (χ0v) is 19.2. The standard InChI is InChI=1S/C26H26N4O5/c1-30-21(11-14-27-30)22(23(31)29-26(24(32)33)12-6-13-26)28-25(34)35-15-20-18-9-4-2-7-16(18)17-8-3-5-10-19(17)20/h2-5,7-11,14,20,22H,6,12-13,15H2,1H3,(H,28,34)(H,29,31)(H,32,33). The average molecular weight is 475 g/mol. The van der Waals surface area contributed by atoms with E-state index in [4.69, 9.17) is 4.74 Å². The number of carboxylic acid groups (broad SMARTS) is 1. The van der Waals surface area contributed by atoms with Gasteiger partial charge in [-0.15, -0.1) is 0 Å². The molecule has 2 aromatic carbocycles. The average Bonchev–Trinajstić information content (AvgIpc) is 3.39. The molecule has 9 nitrogen and oxygen atoms in total. The van der Waals surface area contributed by atoms with Crippen LogP contribution in [0, 0.1) is 0 Å². The number of carbonyl (C=O) groups excluding carboxylic acids is 2. The first-order valence-corrected chi connectivity index (χ1v) is 11.5. The smallest absolute Gasteiger partial charge is 0.408 e. The lowest BCUT2D eigenvalue weighted by atomic mass is 9.76. The number of aromatic nitrogens is 2. The van der Waals surface area contributed by atoms with Gasteiger partial charge in [-0.2, -0.15) is 5.10 Å². The van der Waals surface area contributed by atoms with Crippen LogP contribution in [0.3, 0.4) is 0 Å². The molecule has 35 heavy (non-hydrogen) atoms. The van der Waals surface area contributed by atoms with Crippen molar-refractivity contribution in [2.24, 2.45) is 7.05 Å². The van der Waals surface area contributed by atoms with Gasteiger partial charge in [0.15, 0.2) is 6.04 Å². The van der Waals surface area contributed by atoms with Crippen LogP contribution >= 0.6 is 0 Å². The Balaban J connectivity index is 1.32. The van der Waals surface area contributed by atoms with Crippen molar-refractivity contribution in [3.8, 4) is 11.1 Å². The molecule has 1 heterocycles. The van der Waals surface area contributed by atoms with E-state index in [2.05, 4.69) is 27.9 Å². The second kappa shape index (κ2) is 8.90. The molecule has 3 N–H and O–H groups in total. The van der Waals surface area contributed by atoms with Crippen LogP contribution in [0.15, 0.2) is 60.8 Å². The number of ether oxygens (including phenoxy) is 1. The first kappa shape index (κ1) is 22.6. The maximum absolute atomic E-state index is 13.1. The molecule has 2 aliphatic carbocycles. The van der Waals surface area contributed by atoms with E-state index >= 15 is 0 Å². The van der Waals surface area contributed by atoms with Crippen molar-refractivity contribution in [3.63, 3.8) is 0 Å². The van der Waals surface area contributed by atoms with Crippen LogP contribution in [0.25, 0.3) is 11.1 Å². The molecule has 5 rings (SSSR count). The lowest BCUT2D eigenvalue weighted by molar-refractivity contribution is -0.152. The molecule has 2 amide bonds. The summed E-state index contributed by atoms with van der Waals surface area (Å²) in [6.07, 6.45) is 2.13. The van der Waals surface area contributed by atoms with Gasteiger partial charge in [-0.1, -0.05) is 48.5 Å². The molecule has 0 spiro atoms. The van der Waals surface area contributed by atoms with Gasteiger partial charge in [0.2, 0.25) is 5.91 Å². The van der Waals surface area contributed by atoms with Crippen LogP contribution in [0.2, 0.25) is 0 Å². The predicted octanol–water partition coefficient (Wildman–Crippen LogP) is 3.12. The van der Waals surface area contributed by atoms with Crippen LogP contribution < -0.4 is 10.6 Å². The Morgan fingerprint density at radius 2 is 1.71 bits per heavy atom. The second-order valence-corrected chi connectivity index (χ2v) is 9.01. The molecule has 1 saturated carbocycles. The van der Waals surface area contributed by atoms with Crippen molar-refractivity contribution in [2.75, 3.05) is 6.61 Å². The number of nitrogens with one attached hydrogen (secondary N) is 2. The van der Waals surface area contributed by atoms with Crippen molar-refractivity contribution in [3.05, 3.63) is 77.6 Å². The van der Waals surface area contributed by atoms with Crippen LogP contribution in [0.5, 0.6) is 0 Å². The fourth-order valence-electron chi connectivity index (χ4n) is 4.93. The Morgan fingerprint density at radius 1 is 1.09 bits per heavy atom. The van der Waals surface area contributed by atoms with Crippen molar-refractivity contribution < 1.29 is 24.2 Å². The molecule has 3 aromatic rings. The lowest BCUT2D eigenvalue weighted by Crippen LogP contribution is -2.61. The van der Waals surface area contributed by atoms with Crippen LogP contribution in [0.1, 0.15) is 48.0 Å². The number of rotatable bonds is 7. The molecule has 1 atom stereocenters. The molecule has 180 valence electrons. The monoisotopic (exact) mass is 474 g/mol. The minimum absolute atomic E-state index is 0.0959. The van der Waals surface area contributed by atoms with Gasteiger partial charge in [0.05, 0.1) is 5.69 Å². The summed E-state index contributed by atoms with van der Waals surface area (Å²) < 4.78 is 7.06. The lowest BCUT2D eigenvalue weighted by Gasteiger charge is -2.39. The molecule has 1 fully saturated rings. The third-order valence-corrected chi connectivity index (χ3v) is 7.00. The summed E-state index contributed by atoms with van der Waals surface area (Å²) in [5, 5.41) is 18.9. The van der Waals surface area contributed by atoms with Crippen LogP contribution in [-0.4, -0.2) is 45.0 Å². The Labute approximate surface area is 202 Å². The van der Waals surface area contributed by atoms with E-state index in [1.807, 2.05) is 36.4 Å². The van der Waals surface area contributed by atoms with Crippen LogP contribution in [-0.2, 0) is 21.4 Å². The highest BCUT2D eigenvalue weighted by molar-refractivity contribution is 5.92. The van der Waals surface area contributed by atoms with E-state index in [0.717, 1.165) is 22.3 Å². The van der Waals surface area contributed by atoms with E-state index in [0.29, 0.717) is 25.0 Å². The number of aliphatic carboxylic acids is 1. The van der Waals surface area contributed by atoms with E-state index in [1.54, 1.807) is 13.1 Å². The highest BCUT2D eigenvalue weighted by Crippen LogP contribution is 2.44. The number of nitrogens with zero attached hydrogens (tertiary/aromatic N) is 2. The molecular formula is C26H26N4O5. The quantitative estimate of drug-likeness (QED) is 0.484. The highest BCUT2D eigenvalue weighted by Gasteiger charge is 2.47. The molecule has 0 aliphatic heterocycles. The van der Waals surface area contributed by atoms with Crippen molar-refractivity contribution in [1.29, 1.82) is 0 Å². The first-order valence-electron chi connectivity index (χ1n) is 11.5. The number of aryl methyl sites for hydroxylation is 1. The molecule has 1 unspecified atom stereocenters. The molecule has 1 aromatic heterocycles. The number of hydrogen-bond donors (Lipinski definition) is 3. The number of benzene rings is 2. The van der Waals surface area contributed by atoms with E-state index in [-0.39, 0.29) is 12.5 Å². The Bertz CT molecular complexity index is 1250. The summed E-state index contributed by atoms with van der Waals surface area (Å²) >= 11 is 0. The van der Waals surface area contributed by atoms with Crippen molar-refractivity contribution in [1.82, 2.24) is 20.4 Å². The maximum atomic E-state index is 13.1. The van der Waals surface area contributed by atoms with Crippen molar-refractivity contribution >= 4 is 18.0 Å². The molecular weight excluding hydrogens is 448 g/mol. The number of carbonyl (C=O) groups is 3. The van der Waals surface area contributed by atoms with E-state index in [9.17, 15) is 19.5 Å². The number of hydrogen-bond acceptors (Lipinski definition) is 5. The van der Waals surface area contributed by atoms with Crippen molar-refractivity contribution in [2.45, 2.75) is 36.8 Å². The molecule has 9 heteroatoms. The minimum atomic E-state index is -1.31. The minimum Gasteiger partial charge on any atom is -0.480 e. The second-order valence-electron chi connectivity index (χ2n) is 9.01. The fourth-order valence-corrected chi connectivity index (χ4v) is 4.93. The number of fused-ring (bicyclic) bond motifs is 3. The summed E-state index contributed by atoms with van der Waals surface area (Å²) in [5.74, 6) is -1.83. The van der Waals surface area contributed by atoms with Gasteiger partial charge in [0.1, 0.15) is 12.1 Å². The van der Waals surface area contributed by atoms with Crippen LogP contribution in [0.4, 0.5) is 4.79 Å². The van der Waals surface area contributed by atoms with Gasteiger partial charge in [0, 0.05) is 19.2 Å². The largest absolute Gasteiger partial charge is 0.480 e. The topological polar surface area (TPSA) is 123 Å². The summed E-state index contributed by atoms with van der Waals surface area (Å²) in [4.78, 5) is 37.8. The van der Waals surface area contributed by atoms with Gasteiger partial charge in [-0.25, -0.2) is 9.59 Å². The third kappa shape index (κ3) is 4.03.